The van der Waals surface area contributed by atoms with Crippen molar-refractivity contribution in [3.05, 3.63) is 64.7 Å². The van der Waals surface area contributed by atoms with Gasteiger partial charge in [-0.3, -0.25) is 9.69 Å². The van der Waals surface area contributed by atoms with Gasteiger partial charge >= 0.3 is 0 Å². The molecule has 23 heavy (non-hydrogen) atoms. The molecule has 0 saturated heterocycles. The van der Waals surface area contributed by atoms with Crippen LogP contribution in [0.2, 0.25) is 5.02 Å². The second-order valence-electron chi connectivity index (χ2n) is 5.32. The number of amides is 1. The zero-order chi connectivity index (χ0) is 16.7. The topological polar surface area (TPSA) is 41.6 Å². The zero-order valence-electron chi connectivity index (χ0n) is 13.4. The van der Waals surface area contributed by atoms with Crippen LogP contribution in [0.25, 0.3) is 0 Å². The maximum absolute atomic E-state index is 11.5. The second-order valence-corrected chi connectivity index (χ2v) is 5.76. The highest BCUT2D eigenvalue weighted by Gasteiger charge is 2.05. The van der Waals surface area contributed by atoms with Crippen molar-refractivity contribution in [2.45, 2.75) is 6.54 Å². The molecule has 0 spiro atoms. The summed E-state index contributed by atoms with van der Waals surface area (Å²) >= 11 is 5.92. The van der Waals surface area contributed by atoms with Crippen LogP contribution in [0.5, 0.6) is 5.75 Å². The lowest BCUT2D eigenvalue weighted by molar-refractivity contribution is 0.0963. The molecule has 0 heterocycles. The maximum Gasteiger partial charge on any atom is 0.251 e. The highest BCUT2D eigenvalue weighted by atomic mass is 35.5. The lowest BCUT2D eigenvalue weighted by Gasteiger charge is -2.17. The molecule has 0 radical (unpaired) electrons. The van der Waals surface area contributed by atoms with E-state index >= 15 is 0 Å². The summed E-state index contributed by atoms with van der Waals surface area (Å²) in [6.07, 6.45) is 0. The number of hydrogen-bond acceptors (Lipinski definition) is 3. The van der Waals surface area contributed by atoms with E-state index < -0.39 is 0 Å². The van der Waals surface area contributed by atoms with E-state index in [0.29, 0.717) is 17.2 Å². The minimum absolute atomic E-state index is 0.0696. The van der Waals surface area contributed by atoms with Gasteiger partial charge in [0, 0.05) is 30.7 Å². The Balaban J connectivity index is 1.78. The molecule has 5 heteroatoms. The van der Waals surface area contributed by atoms with Crippen LogP contribution in [0.4, 0.5) is 0 Å². The van der Waals surface area contributed by atoms with Gasteiger partial charge in [0.2, 0.25) is 0 Å². The van der Waals surface area contributed by atoms with Gasteiger partial charge in [0.1, 0.15) is 12.4 Å². The van der Waals surface area contributed by atoms with Crippen molar-refractivity contribution in [1.82, 2.24) is 10.2 Å². The molecule has 4 nitrogen and oxygen atoms in total. The van der Waals surface area contributed by atoms with Crippen LogP contribution >= 0.6 is 11.6 Å². The molecule has 0 atom stereocenters. The minimum Gasteiger partial charge on any atom is -0.492 e. The summed E-state index contributed by atoms with van der Waals surface area (Å²) < 4.78 is 5.68. The Morgan fingerprint density at radius 3 is 2.61 bits per heavy atom. The summed E-state index contributed by atoms with van der Waals surface area (Å²) in [5, 5.41) is 3.29. The molecule has 2 rings (SSSR count). The lowest BCUT2D eigenvalue weighted by atomic mass is 10.1. The first-order valence-corrected chi connectivity index (χ1v) is 7.84. The number of carbonyl (C=O) groups is 1. The van der Waals surface area contributed by atoms with Crippen LogP contribution < -0.4 is 10.1 Å². The predicted octanol–water partition coefficient (Wildman–Crippen LogP) is 3.21. The van der Waals surface area contributed by atoms with Gasteiger partial charge in [-0.2, -0.15) is 0 Å². The maximum atomic E-state index is 11.5. The summed E-state index contributed by atoms with van der Waals surface area (Å²) in [7, 11) is 3.66. The number of nitrogens with one attached hydrogen (secondary N) is 1. The number of likely N-dealkylation sites (N-methyl/N-ethyl adjacent to an activating group) is 1. The van der Waals surface area contributed by atoms with Gasteiger partial charge in [-0.05, 0) is 42.9 Å². The van der Waals surface area contributed by atoms with Crippen molar-refractivity contribution in [2.75, 3.05) is 27.2 Å². The number of rotatable bonds is 7. The van der Waals surface area contributed by atoms with E-state index in [1.807, 2.05) is 49.5 Å². The van der Waals surface area contributed by atoms with Crippen LogP contribution in [0.15, 0.2) is 48.5 Å². The van der Waals surface area contributed by atoms with Gasteiger partial charge in [-0.25, -0.2) is 0 Å². The Morgan fingerprint density at radius 2 is 1.96 bits per heavy atom. The standard InChI is InChI=1S/C18H21ClN2O2/c1-20-18(22)15-8-6-14(7-9-15)13-21(2)10-11-23-17-5-3-4-16(19)12-17/h3-9,12H,10-11,13H2,1-2H3,(H,20,22). The van der Waals surface area contributed by atoms with Crippen molar-refractivity contribution in [1.29, 1.82) is 0 Å². The number of nitrogens with zero attached hydrogens (tertiary/aromatic N) is 1. The van der Waals surface area contributed by atoms with Gasteiger partial charge in [-0.15, -0.1) is 0 Å². The van der Waals surface area contributed by atoms with E-state index in [1.165, 1.54) is 0 Å². The van der Waals surface area contributed by atoms with Gasteiger partial charge in [0.05, 0.1) is 0 Å². The summed E-state index contributed by atoms with van der Waals surface area (Å²) in [5.74, 6) is 0.709. The minimum atomic E-state index is -0.0696. The van der Waals surface area contributed by atoms with E-state index in [1.54, 1.807) is 13.1 Å². The number of halogens is 1. The van der Waals surface area contributed by atoms with E-state index in [0.717, 1.165) is 24.4 Å². The zero-order valence-corrected chi connectivity index (χ0v) is 14.1. The summed E-state index contributed by atoms with van der Waals surface area (Å²) in [6, 6.07) is 15.0. The Bertz CT molecular complexity index is 644. The third kappa shape index (κ3) is 5.58. The molecule has 1 amide bonds. The molecule has 122 valence electrons. The van der Waals surface area contributed by atoms with E-state index in [2.05, 4.69) is 10.2 Å². The third-order valence-corrected chi connectivity index (χ3v) is 3.67. The summed E-state index contributed by atoms with van der Waals surface area (Å²) in [5.41, 5.74) is 1.83. The monoisotopic (exact) mass is 332 g/mol. The first kappa shape index (κ1) is 17.3. The highest BCUT2D eigenvalue weighted by Crippen LogP contribution is 2.17. The average molecular weight is 333 g/mol. The molecular weight excluding hydrogens is 312 g/mol. The highest BCUT2D eigenvalue weighted by molar-refractivity contribution is 6.30. The summed E-state index contributed by atoms with van der Waals surface area (Å²) in [4.78, 5) is 13.7. The van der Waals surface area contributed by atoms with Crippen molar-refractivity contribution < 1.29 is 9.53 Å². The number of hydrogen-bond donors (Lipinski definition) is 1. The van der Waals surface area contributed by atoms with Crippen molar-refractivity contribution in [3.63, 3.8) is 0 Å². The fourth-order valence-corrected chi connectivity index (χ4v) is 2.35. The molecule has 1 N–H and O–H groups in total. The van der Waals surface area contributed by atoms with Gasteiger partial charge < -0.3 is 10.1 Å². The second kappa shape index (κ2) is 8.56. The molecule has 0 unspecified atom stereocenters. The third-order valence-electron chi connectivity index (χ3n) is 3.43. The SMILES string of the molecule is CNC(=O)c1ccc(CN(C)CCOc2cccc(Cl)c2)cc1. The molecule has 0 bridgehead atoms. The molecule has 0 aliphatic heterocycles. The van der Waals surface area contributed by atoms with E-state index in [9.17, 15) is 4.79 Å². The molecule has 0 aliphatic carbocycles. The van der Waals surface area contributed by atoms with Crippen LogP contribution in [0.1, 0.15) is 15.9 Å². The van der Waals surface area contributed by atoms with Gasteiger partial charge in [-0.1, -0.05) is 29.8 Å². The number of carbonyl (C=O) groups excluding carboxylic acids is 1. The summed E-state index contributed by atoms with van der Waals surface area (Å²) in [6.45, 7) is 2.18. The molecule has 0 aliphatic rings. The normalized spacial score (nSPS) is 10.6. The Morgan fingerprint density at radius 1 is 1.22 bits per heavy atom. The molecule has 2 aromatic rings. The Kier molecular flexibility index (Phi) is 6.44. The quantitative estimate of drug-likeness (QED) is 0.846. The molecular formula is C18H21ClN2O2. The largest absolute Gasteiger partial charge is 0.492 e. The first-order chi connectivity index (χ1) is 11.1. The smallest absolute Gasteiger partial charge is 0.251 e. The van der Waals surface area contributed by atoms with Crippen molar-refractivity contribution >= 4 is 17.5 Å². The van der Waals surface area contributed by atoms with Crippen molar-refractivity contribution in [2.24, 2.45) is 0 Å². The Hall–Kier alpha value is -2.04. The van der Waals surface area contributed by atoms with Crippen LogP contribution in [-0.2, 0) is 6.54 Å². The fraction of sp³-hybridized carbons (Fsp3) is 0.278. The number of benzene rings is 2. The lowest BCUT2D eigenvalue weighted by Crippen LogP contribution is -2.24. The molecule has 2 aromatic carbocycles. The molecule has 0 saturated carbocycles. The van der Waals surface area contributed by atoms with E-state index in [-0.39, 0.29) is 5.91 Å². The van der Waals surface area contributed by atoms with Crippen LogP contribution in [0, 0.1) is 0 Å². The van der Waals surface area contributed by atoms with Crippen LogP contribution in [0.3, 0.4) is 0 Å². The molecule has 0 aromatic heterocycles. The van der Waals surface area contributed by atoms with Gasteiger partial charge in [0.25, 0.3) is 5.91 Å². The van der Waals surface area contributed by atoms with Gasteiger partial charge in [0.15, 0.2) is 0 Å². The molecule has 0 fully saturated rings. The average Bonchev–Trinajstić information content (AvgIpc) is 2.55. The predicted molar refractivity (Wildman–Crippen MR) is 93.1 cm³/mol. The van der Waals surface area contributed by atoms with Crippen LogP contribution in [-0.4, -0.2) is 38.1 Å². The number of ether oxygens (including phenoxy) is 1. The Labute approximate surface area is 142 Å². The fourth-order valence-electron chi connectivity index (χ4n) is 2.17. The van der Waals surface area contributed by atoms with Crippen molar-refractivity contribution in [3.8, 4) is 5.75 Å². The first-order valence-electron chi connectivity index (χ1n) is 7.46. The van der Waals surface area contributed by atoms with E-state index in [4.69, 9.17) is 16.3 Å².